The summed E-state index contributed by atoms with van der Waals surface area (Å²) in [6.45, 7) is 4.61. The lowest BCUT2D eigenvalue weighted by Gasteiger charge is -2.04. The predicted molar refractivity (Wildman–Crippen MR) is 87.9 cm³/mol. The second-order valence-corrected chi connectivity index (χ2v) is 6.49. The van der Waals surface area contributed by atoms with E-state index in [0.29, 0.717) is 21.8 Å². The first kappa shape index (κ1) is 14.2. The normalized spacial score (nSPS) is 11.0. The van der Waals surface area contributed by atoms with E-state index in [4.69, 9.17) is 0 Å². The van der Waals surface area contributed by atoms with Crippen molar-refractivity contribution in [3.63, 3.8) is 0 Å². The van der Waals surface area contributed by atoms with Crippen LogP contribution in [0, 0.1) is 6.92 Å². The molecule has 1 N–H and O–H groups in total. The van der Waals surface area contributed by atoms with Gasteiger partial charge in [-0.05, 0) is 47.5 Å². The van der Waals surface area contributed by atoms with E-state index in [0.717, 1.165) is 10.2 Å². The van der Waals surface area contributed by atoms with Crippen molar-refractivity contribution in [1.82, 2.24) is 14.8 Å². The molecule has 0 spiro atoms. The van der Waals surface area contributed by atoms with Crippen molar-refractivity contribution in [3.8, 4) is 0 Å². The van der Waals surface area contributed by atoms with E-state index in [9.17, 15) is 4.79 Å². The van der Waals surface area contributed by atoms with E-state index in [2.05, 4.69) is 37.4 Å². The molecular weight excluding hydrogens is 352 g/mol. The molecule has 0 aliphatic carbocycles. The number of fused-ring (bicyclic) bond motifs is 1. The SMILES string of the molecule is CCn1ncc(Br)c1C(=O)Nc1nc2ccc(C)cc2s1. The summed E-state index contributed by atoms with van der Waals surface area (Å²) in [5.41, 5.74) is 2.58. The summed E-state index contributed by atoms with van der Waals surface area (Å²) >= 11 is 4.82. The third kappa shape index (κ3) is 2.71. The maximum Gasteiger partial charge on any atom is 0.276 e. The highest BCUT2D eigenvalue weighted by Crippen LogP contribution is 2.27. The van der Waals surface area contributed by atoms with E-state index in [1.807, 2.05) is 26.0 Å². The fourth-order valence-corrected chi connectivity index (χ4v) is 3.51. The molecule has 2 aromatic heterocycles. The number of halogens is 1. The zero-order chi connectivity index (χ0) is 15.0. The average molecular weight is 365 g/mol. The van der Waals surface area contributed by atoms with E-state index >= 15 is 0 Å². The first-order chi connectivity index (χ1) is 10.1. The molecule has 0 bridgehead atoms. The predicted octanol–water partition coefficient (Wildman–Crippen LogP) is 3.84. The average Bonchev–Trinajstić information content (AvgIpc) is 3.00. The van der Waals surface area contributed by atoms with Crippen LogP contribution in [0.3, 0.4) is 0 Å². The number of aryl methyl sites for hydroxylation is 2. The molecule has 0 aliphatic rings. The second-order valence-electron chi connectivity index (χ2n) is 4.60. The van der Waals surface area contributed by atoms with Crippen molar-refractivity contribution < 1.29 is 4.79 Å². The number of hydrogen-bond acceptors (Lipinski definition) is 4. The number of aromatic nitrogens is 3. The molecule has 0 aliphatic heterocycles. The molecule has 108 valence electrons. The van der Waals surface area contributed by atoms with Crippen LogP contribution in [-0.4, -0.2) is 20.7 Å². The van der Waals surface area contributed by atoms with Crippen LogP contribution in [0.4, 0.5) is 5.13 Å². The first-order valence-electron chi connectivity index (χ1n) is 6.48. The Balaban J connectivity index is 1.90. The maximum atomic E-state index is 12.4. The van der Waals surface area contributed by atoms with Crippen molar-refractivity contribution in [2.24, 2.45) is 0 Å². The number of anilines is 1. The minimum absolute atomic E-state index is 0.211. The number of amides is 1. The van der Waals surface area contributed by atoms with Crippen molar-refractivity contribution in [1.29, 1.82) is 0 Å². The van der Waals surface area contributed by atoms with E-state index < -0.39 is 0 Å². The Kier molecular flexibility index (Phi) is 3.77. The van der Waals surface area contributed by atoms with Crippen molar-refractivity contribution in [3.05, 3.63) is 40.1 Å². The quantitative estimate of drug-likeness (QED) is 0.767. The molecule has 3 rings (SSSR count). The van der Waals surface area contributed by atoms with E-state index in [-0.39, 0.29) is 5.91 Å². The summed E-state index contributed by atoms with van der Waals surface area (Å²) in [4.78, 5) is 16.8. The van der Waals surface area contributed by atoms with Crippen LogP contribution in [0.25, 0.3) is 10.2 Å². The third-order valence-electron chi connectivity index (χ3n) is 3.07. The number of carbonyl (C=O) groups excluding carboxylic acids is 1. The molecule has 0 unspecified atom stereocenters. The maximum absolute atomic E-state index is 12.4. The van der Waals surface area contributed by atoms with E-state index in [1.165, 1.54) is 16.9 Å². The van der Waals surface area contributed by atoms with Crippen LogP contribution in [0.1, 0.15) is 23.0 Å². The fraction of sp³-hybridized carbons (Fsp3) is 0.214. The van der Waals surface area contributed by atoms with Crippen LogP contribution in [0.15, 0.2) is 28.9 Å². The molecule has 1 aromatic carbocycles. The van der Waals surface area contributed by atoms with Crippen molar-refractivity contribution in [2.45, 2.75) is 20.4 Å². The highest BCUT2D eigenvalue weighted by Gasteiger charge is 2.18. The summed E-state index contributed by atoms with van der Waals surface area (Å²) < 4.78 is 3.39. The summed E-state index contributed by atoms with van der Waals surface area (Å²) in [6, 6.07) is 6.04. The van der Waals surface area contributed by atoms with Gasteiger partial charge in [0, 0.05) is 6.54 Å². The van der Waals surface area contributed by atoms with Crippen molar-refractivity contribution in [2.75, 3.05) is 5.32 Å². The minimum Gasteiger partial charge on any atom is -0.296 e. The lowest BCUT2D eigenvalue weighted by molar-refractivity contribution is 0.101. The van der Waals surface area contributed by atoms with Crippen LogP contribution >= 0.6 is 27.3 Å². The van der Waals surface area contributed by atoms with Gasteiger partial charge in [0.05, 0.1) is 20.9 Å². The number of thiazole rings is 1. The molecule has 21 heavy (non-hydrogen) atoms. The molecule has 0 atom stereocenters. The van der Waals surface area contributed by atoms with Crippen LogP contribution in [-0.2, 0) is 6.54 Å². The zero-order valence-corrected chi connectivity index (χ0v) is 14.0. The van der Waals surface area contributed by atoms with Gasteiger partial charge in [0.15, 0.2) is 5.13 Å². The van der Waals surface area contributed by atoms with E-state index in [1.54, 1.807) is 10.9 Å². The number of nitrogens with one attached hydrogen (secondary N) is 1. The number of carbonyl (C=O) groups is 1. The second kappa shape index (κ2) is 5.57. The Morgan fingerprint density at radius 2 is 2.29 bits per heavy atom. The topological polar surface area (TPSA) is 59.8 Å². The Morgan fingerprint density at radius 1 is 1.48 bits per heavy atom. The Labute approximate surface area is 134 Å². The molecule has 0 radical (unpaired) electrons. The molecule has 5 nitrogen and oxygen atoms in total. The first-order valence-corrected chi connectivity index (χ1v) is 8.09. The smallest absolute Gasteiger partial charge is 0.276 e. The lowest BCUT2D eigenvalue weighted by atomic mass is 10.2. The number of benzene rings is 1. The van der Waals surface area contributed by atoms with Gasteiger partial charge in [-0.25, -0.2) is 4.98 Å². The summed E-state index contributed by atoms with van der Waals surface area (Å²) in [5, 5.41) is 7.58. The molecule has 3 aromatic rings. The minimum atomic E-state index is -0.211. The van der Waals surface area contributed by atoms with Crippen molar-refractivity contribution >= 4 is 48.5 Å². The van der Waals surface area contributed by atoms with Gasteiger partial charge in [-0.15, -0.1) is 0 Å². The monoisotopic (exact) mass is 364 g/mol. The lowest BCUT2D eigenvalue weighted by Crippen LogP contribution is -2.17. The highest BCUT2D eigenvalue weighted by atomic mass is 79.9. The molecule has 0 fully saturated rings. The van der Waals surface area contributed by atoms with Gasteiger partial charge in [0.25, 0.3) is 5.91 Å². The Bertz CT molecular complexity index is 824. The largest absolute Gasteiger partial charge is 0.296 e. The molecule has 0 saturated heterocycles. The van der Waals surface area contributed by atoms with Gasteiger partial charge in [-0.2, -0.15) is 5.10 Å². The van der Waals surface area contributed by atoms with Crippen LogP contribution in [0.5, 0.6) is 0 Å². The van der Waals surface area contributed by atoms with Gasteiger partial charge in [-0.1, -0.05) is 17.4 Å². The molecule has 2 heterocycles. The van der Waals surface area contributed by atoms with Crippen LogP contribution in [0.2, 0.25) is 0 Å². The fourth-order valence-electron chi connectivity index (χ4n) is 2.07. The van der Waals surface area contributed by atoms with Crippen LogP contribution < -0.4 is 5.32 Å². The number of rotatable bonds is 3. The summed E-state index contributed by atoms with van der Waals surface area (Å²) in [5.74, 6) is -0.211. The molecule has 7 heteroatoms. The van der Waals surface area contributed by atoms with Gasteiger partial charge < -0.3 is 0 Å². The van der Waals surface area contributed by atoms with Gasteiger partial charge in [0.2, 0.25) is 0 Å². The Hall–Kier alpha value is -1.73. The molecule has 1 amide bonds. The van der Waals surface area contributed by atoms with Gasteiger partial charge in [-0.3, -0.25) is 14.8 Å². The zero-order valence-electron chi connectivity index (χ0n) is 11.6. The van der Waals surface area contributed by atoms with Gasteiger partial charge >= 0.3 is 0 Å². The Morgan fingerprint density at radius 3 is 3.05 bits per heavy atom. The number of hydrogen-bond donors (Lipinski definition) is 1. The third-order valence-corrected chi connectivity index (χ3v) is 4.59. The summed E-state index contributed by atoms with van der Waals surface area (Å²) in [6.07, 6.45) is 1.63. The molecular formula is C14H13BrN4OS. The van der Waals surface area contributed by atoms with Gasteiger partial charge in [0.1, 0.15) is 5.69 Å². The highest BCUT2D eigenvalue weighted by molar-refractivity contribution is 9.10. The summed E-state index contributed by atoms with van der Waals surface area (Å²) in [7, 11) is 0. The molecule has 0 saturated carbocycles. The standard InChI is InChI=1S/C14H13BrN4OS/c1-3-19-12(9(15)7-16-19)13(20)18-14-17-10-5-4-8(2)6-11(10)21-14/h4-7H,3H2,1-2H3,(H,17,18,20). The number of nitrogens with zero attached hydrogens (tertiary/aromatic N) is 3.